The van der Waals surface area contributed by atoms with Crippen LogP contribution in [0.25, 0.3) is 0 Å². The maximum Gasteiger partial charge on any atom is 0.151 e. The Morgan fingerprint density at radius 1 is 1.45 bits per heavy atom. The molecule has 4 heteroatoms. The summed E-state index contributed by atoms with van der Waals surface area (Å²) in [5.41, 5.74) is 5.00. The van der Waals surface area contributed by atoms with E-state index in [0.717, 1.165) is 0 Å². The first-order valence-electron chi connectivity index (χ1n) is 3.74. The number of aliphatic hydroxyl groups is 3. The van der Waals surface area contributed by atoms with E-state index in [4.69, 9.17) is 21.1 Å². The summed E-state index contributed by atoms with van der Waals surface area (Å²) in [7, 11) is 0. The van der Waals surface area contributed by atoms with Gasteiger partial charge in [-0.05, 0) is 26.2 Å². The van der Waals surface area contributed by atoms with Gasteiger partial charge in [0, 0.05) is 5.54 Å². The molecule has 0 amide bonds. The lowest BCUT2D eigenvalue weighted by molar-refractivity contribution is -0.0475. The molecule has 0 aliphatic heterocycles. The topological polar surface area (TPSA) is 86.7 Å². The SMILES string of the molecule is CC(N)(CO)CCCC(O)O. The first kappa shape index (κ1) is 10.8. The van der Waals surface area contributed by atoms with E-state index >= 15 is 0 Å². The number of hydrogen-bond acceptors (Lipinski definition) is 4. The van der Waals surface area contributed by atoms with Crippen LogP contribution in [0.1, 0.15) is 26.2 Å². The maximum atomic E-state index is 8.71. The highest BCUT2D eigenvalue weighted by atomic mass is 16.5. The lowest BCUT2D eigenvalue weighted by Crippen LogP contribution is -2.40. The van der Waals surface area contributed by atoms with E-state index in [1.54, 1.807) is 6.92 Å². The first-order valence-corrected chi connectivity index (χ1v) is 3.74. The largest absolute Gasteiger partial charge is 0.394 e. The fraction of sp³-hybridized carbons (Fsp3) is 1.00. The van der Waals surface area contributed by atoms with Crippen LogP contribution in [0.2, 0.25) is 0 Å². The fourth-order valence-electron chi connectivity index (χ4n) is 0.768. The predicted molar refractivity (Wildman–Crippen MR) is 41.8 cm³/mol. The third kappa shape index (κ3) is 6.25. The van der Waals surface area contributed by atoms with Gasteiger partial charge in [-0.3, -0.25) is 0 Å². The Balaban J connectivity index is 3.38. The molecule has 0 aromatic carbocycles. The van der Waals surface area contributed by atoms with Crippen LogP contribution in [0.3, 0.4) is 0 Å². The van der Waals surface area contributed by atoms with E-state index in [9.17, 15) is 0 Å². The van der Waals surface area contributed by atoms with Crippen molar-refractivity contribution in [2.24, 2.45) is 5.73 Å². The summed E-state index contributed by atoms with van der Waals surface area (Å²) in [6.45, 7) is 1.66. The monoisotopic (exact) mass is 163 g/mol. The summed E-state index contributed by atoms with van der Waals surface area (Å²) in [4.78, 5) is 0. The smallest absolute Gasteiger partial charge is 0.151 e. The van der Waals surface area contributed by atoms with Gasteiger partial charge in [-0.2, -0.15) is 0 Å². The van der Waals surface area contributed by atoms with Gasteiger partial charge >= 0.3 is 0 Å². The second kappa shape index (κ2) is 4.66. The van der Waals surface area contributed by atoms with E-state index in [1.807, 2.05) is 0 Å². The van der Waals surface area contributed by atoms with Gasteiger partial charge in [-0.15, -0.1) is 0 Å². The van der Waals surface area contributed by atoms with Gasteiger partial charge in [0.15, 0.2) is 6.29 Å². The van der Waals surface area contributed by atoms with Crippen molar-refractivity contribution < 1.29 is 15.3 Å². The molecule has 1 unspecified atom stereocenters. The van der Waals surface area contributed by atoms with Crippen LogP contribution in [-0.4, -0.2) is 33.8 Å². The van der Waals surface area contributed by atoms with E-state index in [1.165, 1.54) is 0 Å². The molecular formula is C7H17NO3. The summed E-state index contributed by atoms with van der Waals surface area (Å²) in [6, 6.07) is 0. The summed E-state index contributed by atoms with van der Waals surface area (Å²) in [5.74, 6) is 0. The van der Waals surface area contributed by atoms with Gasteiger partial charge in [-0.1, -0.05) is 0 Å². The van der Waals surface area contributed by atoms with Crippen LogP contribution < -0.4 is 5.73 Å². The Hall–Kier alpha value is -0.160. The van der Waals surface area contributed by atoms with Gasteiger partial charge in [0.1, 0.15) is 0 Å². The molecule has 5 N–H and O–H groups in total. The Kier molecular flexibility index (Phi) is 4.60. The van der Waals surface area contributed by atoms with Crippen molar-refractivity contribution in [3.8, 4) is 0 Å². The standard InChI is InChI=1S/C7H17NO3/c1-7(8,5-9)4-2-3-6(10)11/h6,9-11H,2-5,8H2,1H3. The van der Waals surface area contributed by atoms with Crippen LogP contribution in [0, 0.1) is 0 Å². The van der Waals surface area contributed by atoms with Gasteiger partial charge in [0.2, 0.25) is 0 Å². The molecule has 0 bridgehead atoms. The highest BCUT2D eigenvalue weighted by molar-refractivity contribution is 4.76. The molecule has 0 aliphatic rings. The van der Waals surface area contributed by atoms with Gasteiger partial charge in [0.25, 0.3) is 0 Å². The Labute approximate surface area is 66.7 Å². The number of hydrogen-bond donors (Lipinski definition) is 4. The van der Waals surface area contributed by atoms with Crippen molar-refractivity contribution >= 4 is 0 Å². The highest BCUT2D eigenvalue weighted by Crippen LogP contribution is 2.10. The third-order valence-electron chi connectivity index (χ3n) is 1.57. The first-order chi connectivity index (χ1) is 4.98. The molecule has 0 aromatic heterocycles. The maximum absolute atomic E-state index is 8.71. The predicted octanol–water partition coefficient (Wildman–Crippen LogP) is -0.823. The van der Waals surface area contributed by atoms with Crippen molar-refractivity contribution in [2.75, 3.05) is 6.61 Å². The second-order valence-electron chi connectivity index (χ2n) is 3.18. The van der Waals surface area contributed by atoms with Gasteiger partial charge in [-0.25, -0.2) is 0 Å². The van der Waals surface area contributed by atoms with E-state index in [-0.39, 0.29) is 6.61 Å². The Morgan fingerprint density at radius 3 is 2.36 bits per heavy atom. The van der Waals surface area contributed by atoms with E-state index in [2.05, 4.69) is 0 Å². The van der Waals surface area contributed by atoms with Crippen LogP contribution in [0.4, 0.5) is 0 Å². The molecule has 0 radical (unpaired) electrons. The minimum atomic E-state index is -1.26. The molecule has 0 rings (SSSR count). The molecule has 68 valence electrons. The van der Waals surface area contributed by atoms with Crippen molar-refractivity contribution in [3.05, 3.63) is 0 Å². The molecule has 0 spiro atoms. The number of nitrogens with two attached hydrogens (primary N) is 1. The summed E-state index contributed by atoms with van der Waals surface area (Å²) < 4.78 is 0. The molecule has 0 saturated heterocycles. The average Bonchev–Trinajstić information content (AvgIpc) is 1.87. The van der Waals surface area contributed by atoms with Gasteiger partial charge in [0.05, 0.1) is 6.61 Å². The highest BCUT2D eigenvalue weighted by Gasteiger charge is 2.16. The molecule has 0 fully saturated rings. The molecule has 0 saturated carbocycles. The normalized spacial score (nSPS) is 16.9. The zero-order valence-electron chi connectivity index (χ0n) is 6.82. The zero-order chi connectivity index (χ0) is 8.91. The van der Waals surface area contributed by atoms with E-state index < -0.39 is 11.8 Å². The minimum Gasteiger partial charge on any atom is -0.394 e. The molecule has 1 atom stereocenters. The fourth-order valence-corrected chi connectivity index (χ4v) is 0.768. The molecule has 11 heavy (non-hydrogen) atoms. The quantitative estimate of drug-likeness (QED) is 0.399. The van der Waals surface area contributed by atoms with Crippen molar-refractivity contribution in [3.63, 3.8) is 0 Å². The number of rotatable bonds is 5. The lowest BCUT2D eigenvalue weighted by atomic mass is 9.97. The van der Waals surface area contributed by atoms with Crippen LogP contribution in [-0.2, 0) is 0 Å². The van der Waals surface area contributed by atoms with Crippen LogP contribution in [0.5, 0.6) is 0 Å². The molecule has 0 aliphatic carbocycles. The molecular weight excluding hydrogens is 146 g/mol. The summed E-state index contributed by atoms with van der Waals surface area (Å²) in [6.07, 6.45) is 0.267. The minimum absolute atomic E-state index is 0.0749. The van der Waals surface area contributed by atoms with Gasteiger partial charge < -0.3 is 21.1 Å². The number of aliphatic hydroxyl groups excluding tert-OH is 2. The Bertz CT molecular complexity index is 104. The molecule has 0 heterocycles. The molecule has 0 aromatic rings. The lowest BCUT2D eigenvalue weighted by Gasteiger charge is -2.21. The van der Waals surface area contributed by atoms with Crippen LogP contribution in [0.15, 0.2) is 0 Å². The van der Waals surface area contributed by atoms with E-state index in [0.29, 0.717) is 19.3 Å². The van der Waals surface area contributed by atoms with Crippen molar-refractivity contribution in [1.82, 2.24) is 0 Å². The molecule has 4 nitrogen and oxygen atoms in total. The summed E-state index contributed by atoms with van der Waals surface area (Å²) in [5, 5.41) is 25.7. The van der Waals surface area contributed by atoms with Crippen LogP contribution >= 0.6 is 0 Å². The average molecular weight is 163 g/mol. The van der Waals surface area contributed by atoms with Crippen molar-refractivity contribution in [2.45, 2.75) is 38.0 Å². The summed E-state index contributed by atoms with van der Waals surface area (Å²) >= 11 is 0. The third-order valence-corrected chi connectivity index (χ3v) is 1.57. The van der Waals surface area contributed by atoms with Crippen molar-refractivity contribution in [1.29, 1.82) is 0 Å². The Morgan fingerprint density at radius 2 is 2.00 bits per heavy atom. The second-order valence-corrected chi connectivity index (χ2v) is 3.18. The zero-order valence-corrected chi connectivity index (χ0v) is 6.82.